The lowest BCUT2D eigenvalue weighted by Gasteiger charge is -2.18. The molecular formula is C11H11ClN4O. The summed E-state index contributed by atoms with van der Waals surface area (Å²) in [5.41, 5.74) is -0.905. The minimum Gasteiger partial charge on any atom is -0.295 e. The second-order valence-corrected chi connectivity index (χ2v) is 4.28. The van der Waals surface area contributed by atoms with Gasteiger partial charge in [0.2, 0.25) is 11.2 Å². The molecule has 0 aliphatic carbocycles. The molecule has 88 valence electrons. The van der Waals surface area contributed by atoms with E-state index in [0.29, 0.717) is 25.2 Å². The molecule has 6 heteroatoms. The van der Waals surface area contributed by atoms with E-state index >= 15 is 0 Å². The number of carbonyl (C=O) groups is 1. The number of nitrogens with zero attached hydrogens (tertiary/aromatic N) is 4. The Hall–Kier alpha value is -1.67. The summed E-state index contributed by atoms with van der Waals surface area (Å²) in [5.74, 6) is 0.262. The van der Waals surface area contributed by atoms with Crippen LogP contribution in [-0.4, -0.2) is 22.4 Å². The maximum Gasteiger partial charge on any atom is 0.248 e. The van der Waals surface area contributed by atoms with Crippen molar-refractivity contribution in [3.63, 3.8) is 0 Å². The molecule has 5 nitrogen and oxygen atoms in total. The van der Waals surface area contributed by atoms with Gasteiger partial charge in [-0.05, 0) is 30.5 Å². The van der Waals surface area contributed by atoms with Crippen molar-refractivity contribution in [2.45, 2.75) is 19.8 Å². The molecule has 2 rings (SSSR count). The van der Waals surface area contributed by atoms with Crippen molar-refractivity contribution in [1.29, 1.82) is 5.26 Å². The van der Waals surface area contributed by atoms with Crippen molar-refractivity contribution in [2.24, 2.45) is 5.41 Å². The van der Waals surface area contributed by atoms with Gasteiger partial charge in [-0.15, -0.1) is 0 Å². The SMILES string of the molecule is CCC1(C#N)CCN(c2ccnc(Cl)n2)C1=O. The maximum absolute atomic E-state index is 12.2. The zero-order chi connectivity index (χ0) is 12.5. The quantitative estimate of drug-likeness (QED) is 0.751. The molecule has 1 amide bonds. The molecule has 1 fully saturated rings. The fourth-order valence-corrected chi connectivity index (χ4v) is 2.12. The van der Waals surface area contributed by atoms with E-state index in [1.54, 1.807) is 6.07 Å². The van der Waals surface area contributed by atoms with Crippen LogP contribution in [0.3, 0.4) is 0 Å². The highest BCUT2D eigenvalue weighted by atomic mass is 35.5. The first-order valence-electron chi connectivity index (χ1n) is 5.35. The second-order valence-electron chi connectivity index (χ2n) is 3.94. The van der Waals surface area contributed by atoms with E-state index in [1.165, 1.54) is 11.1 Å². The van der Waals surface area contributed by atoms with E-state index in [-0.39, 0.29) is 11.2 Å². The molecule has 1 aromatic rings. The number of nitriles is 1. The molecule has 1 aromatic heterocycles. The van der Waals surface area contributed by atoms with Crippen LogP contribution in [0.2, 0.25) is 5.28 Å². The smallest absolute Gasteiger partial charge is 0.248 e. The Labute approximate surface area is 104 Å². The van der Waals surface area contributed by atoms with Crippen molar-refractivity contribution in [3.8, 4) is 6.07 Å². The van der Waals surface area contributed by atoms with Gasteiger partial charge in [0.15, 0.2) is 0 Å². The van der Waals surface area contributed by atoms with Crippen LogP contribution in [0.15, 0.2) is 12.3 Å². The van der Waals surface area contributed by atoms with E-state index in [1.807, 2.05) is 6.92 Å². The van der Waals surface area contributed by atoms with Gasteiger partial charge in [0, 0.05) is 12.7 Å². The van der Waals surface area contributed by atoms with Crippen LogP contribution in [0.1, 0.15) is 19.8 Å². The molecule has 0 bridgehead atoms. The summed E-state index contributed by atoms with van der Waals surface area (Å²) in [5, 5.41) is 9.25. The number of amides is 1. The average molecular weight is 251 g/mol. The van der Waals surface area contributed by atoms with E-state index in [4.69, 9.17) is 16.9 Å². The van der Waals surface area contributed by atoms with Crippen molar-refractivity contribution >= 4 is 23.3 Å². The Morgan fingerprint density at radius 3 is 3.00 bits per heavy atom. The van der Waals surface area contributed by atoms with Crippen molar-refractivity contribution < 1.29 is 4.79 Å². The van der Waals surface area contributed by atoms with Crippen LogP contribution in [0.4, 0.5) is 5.82 Å². The van der Waals surface area contributed by atoms with E-state index in [2.05, 4.69) is 16.0 Å². The molecule has 0 N–H and O–H groups in total. The lowest BCUT2D eigenvalue weighted by atomic mass is 9.85. The number of hydrogen-bond donors (Lipinski definition) is 0. The summed E-state index contributed by atoms with van der Waals surface area (Å²) in [6, 6.07) is 3.74. The standard InChI is InChI=1S/C11H11ClN4O/c1-2-11(7-13)4-6-16(9(11)17)8-3-5-14-10(12)15-8/h3,5H,2,4,6H2,1H3. The summed E-state index contributed by atoms with van der Waals surface area (Å²) in [6.45, 7) is 2.34. The molecule has 1 unspecified atom stereocenters. The van der Waals surface area contributed by atoms with E-state index < -0.39 is 5.41 Å². The monoisotopic (exact) mass is 250 g/mol. The first-order valence-corrected chi connectivity index (χ1v) is 5.72. The van der Waals surface area contributed by atoms with Crippen molar-refractivity contribution in [2.75, 3.05) is 11.4 Å². The van der Waals surface area contributed by atoms with Gasteiger partial charge in [0.1, 0.15) is 11.2 Å². The Morgan fingerprint density at radius 1 is 1.71 bits per heavy atom. The Morgan fingerprint density at radius 2 is 2.47 bits per heavy atom. The van der Waals surface area contributed by atoms with Gasteiger partial charge in [-0.25, -0.2) is 9.97 Å². The second kappa shape index (κ2) is 4.30. The lowest BCUT2D eigenvalue weighted by molar-refractivity contribution is -0.123. The summed E-state index contributed by atoms with van der Waals surface area (Å²) in [7, 11) is 0. The number of halogens is 1. The molecule has 2 heterocycles. The van der Waals surface area contributed by atoms with Gasteiger partial charge in [-0.1, -0.05) is 6.92 Å². The Bertz CT molecular complexity index is 498. The summed E-state index contributed by atoms with van der Waals surface area (Å²) in [4.78, 5) is 21.5. The molecule has 0 radical (unpaired) electrons. The third kappa shape index (κ3) is 1.85. The third-order valence-electron chi connectivity index (χ3n) is 3.12. The topological polar surface area (TPSA) is 69.9 Å². The molecular weight excluding hydrogens is 240 g/mol. The number of carbonyl (C=O) groups excluding carboxylic acids is 1. The van der Waals surface area contributed by atoms with E-state index in [0.717, 1.165) is 0 Å². The largest absolute Gasteiger partial charge is 0.295 e. The lowest BCUT2D eigenvalue weighted by Crippen LogP contribution is -2.33. The predicted molar refractivity (Wildman–Crippen MR) is 62.3 cm³/mol. The van der Waals surface area contributed by atoms with Crippen LogP contribution < -0.4 is 4.90 Å². The molecule has 1 aliphatic heterocycles. The number of hydrogen-bond acceptors (Lipinski definition) is 4. The number of rotatable bonds is 2. The summed E-state index contributed by atoms with van der Waals surface area (Å²) < 4.78 is 0. The minimum absolute atomic E-state index is 0.0984. The highest BCUT2D eigenvalue weighted by Gasteiger charge is 2.46. The van der Waals surface area contributed by atoms with E-state index in [9.17, 15) is 4.79 Å². The molecule has 1 saturated heterocycles. The van der Waals surface area contributed by atoms with Gasteiger partial charge in [0.25, 0.3) is 0 Å². The van der Waals surface area contributed by atoms with Crippen molar-refractivity contribution in [1.82, 2.24) is 9.97 Å². The molecule has 17 heavy (non-hydrogen) atoms. The summed E-state index contributed by atoms with van der Waals surface area (Å²) in [6.07, 6.45) is 2.54. The normalized spacial score (nSPS) is 23.8. The number of aromatic nitrogens is 2. The molecule has 1 atom stereocenters. The molecule has 0 aromatic carbocycles. The average Bonchev–Trinajstić information content (AvgIpc) is 2.67. The van der Waals surface area contributed by atoms with Crippen LogP contribution in [0, 0.1) is 16.7 Å². The zero-order valence-electron chi connectivity index (χ0n) is 9.35. The van der Waals surface area contributed by atoms with Crippen LogP contribution in [-0.2, 0) is 4.79 Å². The first-order chi connectivity index (χ1) is 8.13. The van der Waals surface area contributed by atoms with Crippen LogP contribution in [0.25, 0.3) is 0 Å². The fourth-order valence-electron chi connectivity index (χ4n) is 1.98. The molecule has 1 aliphatic rings. The van der Waals surface area contributed by atoms with Gasteiger partial charge in [0.05, 0.1) is 6.07 Å². The van der Waals surface area contributed by atoms with Gasteiger partial charge < -0.3 is 0 Å². The van der Waals surface area contributed by atoms with Crippen LogP contribution >= 0.6 is 11.6 Å². The minimum atomic E-state index is -0.905. The Balaban J connectivity index is 2.33. The highest BCUT2D eigenvalue weighted by molar-refractivity contribution is 6.28. The zero-order valence-corrected chi connectivity index (χ0v) is 10.1. The highest BCUT2D eigenvalue weighted by Crippen LogP contribution is 2.36. The predicted octanol–water partition coefficient (Wildman–Crippen LogP) is 1.79. The third-order valence-corrected chi connectivity index (χ3v) is 3.30. The maximum atomic E-state index is 12.2. The molecule has 0 saturated carbocycles. The van der Waals surface area contributed by atoms with Gasteiger partial charge in [-0.3, -0.25) is 9.69 Å². The fraction of sp³-hybridized carbons (Fsp3) is 0.455. The van der Waals surface area contributed by atoms with Gasteiger partial charge >= 0.3 is 0 Å². The van der Waals surface area contributed by atoms with Crippen molar-refractivity contribution in [3.05, 3.63) is 17.5 Å². The van der Waals surface area contributed by atoms with Crippen LogP contribution in [0.5, 0.6) is 0 Å². The van der Waals surface area contributed by atoms with Gasteiger partial charge in [-0.2, -0.15) is 5.26 Å². The molecule has 0 spiro atoms. The summed E-state index contributed by atoms with van der Waals surface area (Å²) >= 11 is 5.68. The Kier molecular flexibility index (Phi) is 2.99. The first kappa shape index (κ1) is 11.8. The number of anilines is 1.